The second kappa shape index (κ2) is 9.15. The third-order valence-electron chi connectivity index (χ3n) is 4.51. The summed E-state index contributed by atoms with van der Waals surface area (Å²) in [5, 5.41) is 2.97. The van der Waals surface area contributed by atoms with Gasteiger partial charge in [-0.3, -0.25) is 9.69 Å². The lowest BCUT2D eigenvalue weighted by Crippen LogP contribution is -2.47. The van der Waals surface area contributed by atoms with Crippen molar-refractivity contribution in [1.82, 2.24) is 20.2 Å². The molecule has 2 heterocycles. The van der Waals surface area contributed by atoms with Crippen molar-refractivity contribution >= 4 is 11.9 Å². The van der Waals surface area contributed by atoms with E-state index in [1.54, 1.807) is 19.5 Å². The Morgan fingerprint density at radius 3 is 2.46 bits per heavy atom. The van der Waals surface area contributed by atoms with Gasteiger partial charge in [-0.2, -0.15) is 0 Å². The third kappa shape index (κ3) is 5.16. The predicted octanol–water partition coefficient (Wildman–Crippen LogP) is 1.31. The van der Waals surface area contributed by atoms with E-state index < -0.39 is 0 Å². The molecule has 1 aromatic heterocycles. The summed E-state index contributed by atoms with van der Waals surface area (Å²) in [7, 11) is 1.64. The summed E-state index contributed by atoms with van der Waals surface area (Å²) < 4.78 is 5.13. The zero-order valence-corrected chi connectivity index (χ0v) is 15.1. The van der Waals surface area contributed by atoms with E-state index in [1.165, 1.54) is 0 Å². The fraction of sp³-hybridized carbons (Fsp3) is 0.421. The summed E-state index contributed by atoms with van der Waals surface area (Å²) in [4.78, 5) is 25.1. The van der Waals surface area contributed by atoms with Gasteiger partial charge in [-0.25, -0.2) is 9.97 Å². The van der Waals surface area contributed by atoms with Crippen LogP contribution in [0.4, 0.5) is 5.95 Å². The van der Waals surface area contributed by atoms with Crippen molar-refractivity contribution in [3.05, 3.63) is 48.3 Å². The van der Waals surface area contributed by atoms with Crippen LogP contribution in [0.5, 0.6) is 5.75 Å². The molecule has 1 fully saturated rings. The molecular weight excluding hydrogens is 330 g/mol. The number of hydrogen-bond acceptors (Lipinski definition) is 6. The van der Waals surface area contributed by atoms with Crippen LogP contribution in [0.25, 0.3) is 0 Å². The maximum atomic E-state index is 12.1. The van der Waals surface area contributed by atoms with Crippen molar-refractivity contribution in [2.75, 3.05) is 44.7 Å². The highest BCUT2D eigenvalue weighted by Crippen LogP contribution is 2.11. The molecule has 1 N–H and O–H groups in total. The molecule has 7 heteroatoms. The maximum absolute atomic E-state index is 12.1. The molecule has 1 amide bonds. The molecule has 0 spiro atoms. The maximum Gasteiger partial charge on any atom is 0.225 e. The van der Waals surface area contributed by atoms with Crippen LogP contribution in [0.15, 0.2) is 42.7 Å². The Kier molecular flexibility index (Phi) is 6.38. The monoisotopic (exact) mass is 355 g/mol. The lowest BCUT2D eigenvalue weighted by molar-refractivity contribution is -0.121. The minimum atomic E-state index is 0.0784. The number of aromatic nitrogens is 2. The van der Waals surface area contributed by atoms with Gasteiger partial charge in [-0.1, -0.05) is 12.1 Å². The first-order chi connectivity index (χ1) is 12.7. The summed E-state index contributed by atoms with van der Waals surface area (Å²) in [5.41, 5.74) is 1.07. The molecule has 1 aliphatic rings. The van der Waals surface area contributed by atoms with Crippen LogP contribution in [0.1, 0.15) is 12.0 Å². The van der Waals surface area contributed by atoms with Crippen LogP contribution in [0.3, 0.4) is 0 Å². The Bertz CT molecular complexity index is 685. The highest BCUT2D eigenvalue weighted by atomic mass is 16.5. The standard InChI is InChI=1S/C19H25N5O2/c1-26-17-5-3-16(4-6-17)15-22-18(25)7-10-23-11-13-24(14-12-23)19-20-8-2-9-21-19/h2-6,8-9H,7,10-15H2,1H3,(H,22,25). The average molecular weight is 355 g/mol. The predicted molar refractivity (Wildman–Crippen MR) is 100 cm³/mol. The number of anilines is 1. The Morgan fingerprint density at radius 1 is 1.12 bits per heavy atom. The number of benzene rings is 1. The molecule has 1 aromatic carbocycles. The topological polar surface area (TPSA) is 70.6 Å². The SMILES string of the molecule is COc1ccc(CNC(=O)CCN2CCN(c3ncccn3)CC2)cc1. The summed E-state index contributed by atoms with van der Waals surface area (Å²) in [6, 6.07) is 9.55. The van der Waals surface area contributed by atoms with E-state index >= 15 is 0 Å². The number of amides is 1. The molecule has 0 unspecified atom stereocenters. The van der Waals surface area contributed by atoms with E-state index in [4.69, 9.17) is 4.74 Å². The van der Waals surface area contributed by atoms with E-state index in [0.717, 1.165) is 50.0 Å². The first kappa shape index (κ1) is 18.1. The molecule has 138 valence electrons. The Labute approximate surface area is 154 Å². The van der Waals surface area contributed by atoms with Crippen molar-refractivity contribution in [2.24, 2.45) is 0 Å². The fourth-order valence-electron chi connectivity index (χ4n) is 2.92. The minimum absolute atomic E-state index is 0.0784. The molecule has 0 bridgehead atoms. The van der Waals surface area contributed by atoms with Crippen molar-refractivity contribution in [3.63, 3.8) is 0 Å². The Balaban J connectivity index is 1.34. The van der Waals surface area contributed by atoms with Gasteiger partial charge >= 0.3 is 0 Å². The van der Waals surface area contributed by atoms with Gasteiger partial charge in [0.1, 0.15) is 5.75 Å². The number of carbonyl (C=O) groups excluding carboxylic acids is 1. The molecule has 0 atom stereocenters. The molecule has 1 aliphatic heterocycles. The zero-order chi connectivity index (χ0) is 18.2. The number of rotatable bonds is 7. The molecule has 0 saturated carbocycles. The van der Waals surface area contributed by atoms with E-state index in [9.17, 15) is 4.79 Å². The van der Waals surface area contributed by atoms with Crippen molar-refractivity contribution in [1.29, 1.82) is 0 Å². The summed E-state index contributed by atoms with van der Waals surface area (Å²) in [6.45, 7) is 4.93. The van der Waals surface area contributed by atoms with Crippen molar-refractivity contribution in [3.8, 4) is 5.75 Å². The number of methoxy groups -OCH3 is 1. The molecule has 3 rings (SSSR count). The molecule has 0 aliphatic carbocycles. The second-order valence-corrected chi connectivity index (χ2v) is 6.25. The fourth-order valence-corrected chi connectivity index (χ4v) is 2.92. The lowest BCUT2D eigenvalue weighted by atomic mass is 10.2. The van der Waals surface area contributed by atoms with E-state index in [1.807, 2.05) is 30.3 Å². The first-order valence-electron chi connectivity index (χ1n) is 8.88. The number of hydrogen-bond donors (Lipinski definition) is 1. The number of nitrogens with one attached hydrogen (secondary N) is 1. The van der Waals surface area contributed by atoms with Gasteiger partial charge in [0.15, 0.2) is 0 Å². The zero-order valence-electron chi connectivity index (χ0n) is 15.1. The van der Waals surface area contributed by atoms with Crippen molar-refractivity contribution in [2.45, 2.75) is 13.0 Å². The summed E-state index contributed by atoms with van der Waals surface area (Å²) in [5.74, 6) is 1.68. The quantitative estimate of drug-likeness (QED) is 0.808. The summed E-state index contributed by atoms with van der Waals surface area (Å²) >= 11 is 0. The highest BCUT2D eigenvalue weighted by Gasteiger charge is 2.19. The van der Waals surface area contributed by atoms with Crippen LogP contribution in [-0.2, 0) is 11.3 Å². The number of ether oxygens (including phenoxy) is 1. The van der Waals surface area contributed by atoms with Gasteiger partial charge < -0.3 is 15.0 Å². The van der Waals surface area contributed by atoms with Gasteiger partial charge in [-0.15, -0.1) is 0 Å². The van der Waals surface area contributed by atoms with Crippen LogP contribution in [0, 0.1) is 0 Å². The normalized spacial score (nSPS) is 14.9. The van der Waals surface area contributed by atoms with Crippen LogP contribution < -0.4 is 15.0 Å². The van der Waals surface area contributed by atoms with E-state index in [2.05, 4.69) is 25.1 Å². The van der Waals surface area contributed by atoms with Gasteiger partial charge in [0.05, 0.1) is 7.11 Å². The molecule has 7 nitrogen and oxygen atoms in total. The number of piperazine rings is 1. The smallest absolute Gasteiger partial charge is 0.225 e. The second-order valence-electron chi connectivity index (χ2n) is 6.25. The van der Waals surface area contributed by atoms with E-state index in [0.29, 0.717) is 13.0 Å². The molecular formula is C19H25N5O2. The number of carbonyl (C=O) groups is 1. The van der Waals surface area contributed by atoms with Crippen molar-refractivity contribution < 1.29 is 9.53 Å². The van der Waals surface area contributed by atoms with E-state index in [-0.39, 0.29) is 5.91 Å². The lowest BCUT2D eigenvalue weighted by Gasteiger charge is -2.34. The third-order valence-corrected chi connectivity index (χ3v) is 4.51. The van der Waals surface area contributed by atoms with Gasteiger partial charge in [0, 0.05) is 58.1 Å². The van der Waals surface area contributed by atoms with Crippen LogP contribution in [-0.4, -0.2) is 60.6 Å². The molecule has 2 aromatic rings. The van der Waals surface area contributed by atoms with Gasteiger partial charge in [0.25, 0.3) is 0 Å². The van der Waals surface area contributed by atoms with Gasteiger partial charge in [-0.05, 0) is 23.8 Å². The Hall–Kier alpha value is -2.67. The van der Waals surface area contributed by atoms with Gasteiger partial charge in [0.2, 0.25) is 11.9 Å². The molecule has 26 heavy (non-hydrogen) atoms. The molecule has 1 saturated heterocycles. The first-order valence-corrected chi connectivity index (χ1v) is 8.88. The number of nitrogens with zero attached hydrogens (tertiary/aromatic N) is 4. The van der Waals surface area contributed by atoms with Crippen LogP contribution >= 0.6 is 0 Å². The Morgan fingerprint density at radius 2 is 1.81 bits per heavy atom. The minimum Gasteiger partial charge on any atom is -0.497 e. The molecule has 0 radical (unpaired) electrons. The summed E-state index contributed by atoms with van der Waals surface area (Å²) in [6.07, 6.45) is 4.04. The average Bonchev–Trinajstić information content (AvgIpc) is 2.72. The largest absolute Gasteiger partial charge is 0.497 e. The van der Waals surface area contributed by atoms with Crippen LogP contribution in [0.2, 0.25) is 0 Å². The highest BCUT2D eigenvalue weighted by molar-refractivity contribution is 5.76.